The minimum absolute atomic E-state index is 0.0147. The smallest absolute Gasteiger partial charge is 0.252 e. The van der Waals surface area contributed by atoms with Crippen LogP contribution in [0.2, 0.25) is 0 Å². The molecule has 4 aliphatic rings. The topological polar surface area (TPSA) is 32.3 Å². The Morgan fingerprint density at radius 1 is 1.22 bits per heavy atom. The molecule has 1 N–H and O–H groups in total. The van der Waals surface area contributed by atoms with Gasteiger partial charge in [0.05, 0.1) is 0 Å². The maximum Gasteiger partial charge on any atom is 0.252 e. The molecule has 4 rings (SSSR count). The molecule has 1 aliphatic carbocycles. The number of carbonyl (C=O) groups is 1. The first-order valence-electron chi connectivity index (χ1n) is 6.97. The van der Waals surface area contributed by atoms with Crippen LogP contribution in [0.15, 0.2) is 0 Å². The molecular weight excluding hydrogens is 238 g/mol. The van der Waals surface area contributed by atoms with E-state index in [1.54, 1.807) is 0 Å². The van der Waals surface area contributed by atoms with E-state index in [0.717, 1.165) is 25.9 Å². The van der Waals surface area contributed by atoms with Gasteiger partial charge in [0, 0.05) is 43.9 Å². The second-order valence-electron chi connectivity index (χ2n) is 6.37. The van der Waals surface area contributed by atoms with Gasteiger partial charge in [-0.15, -0.1) is 0 Å². The summed E-state index contributed by atoms with van der Waals surface area (Å²) in [7, 11) is 0. The van der Waals surface area contributed by atoms with Crippen molar-refractivity contribution in [3.8, 4) is 0 Å². The van der Waals surface area contributed by atoms with Crippen molar-refractivity contribution in [2.75, 3.05) is 13.1 Å². The molecule has 100 valence electrons. The van der Waals surface area contributed by atoms with E-state index in [2.05, 4.69) is 5.32 Å². The van der Waals surface area contributed by atoms with Crippen molar-refractivity contribution < 1.29 is 13.6 Å². The zero-order valence-corrected chi connectivity index (χ0v) is 10.2. The first-order chi connectivity index (χ1) is 8.58. The highest BCUT2D eigenvalue weighted by atomic mass is 19.3. The maximum atomic E-state index is 12.9. The van der Waals surface area contributed by atoms with Crippen molar-refractivity contribution in [1.82, 2.24) is 10.2 Å². The van der Waals surface area contributed by atoms with Crippen molar-refractivity contribution >= 4 is 5.91 Å². The summed E-state index contributed by atoms with van der Waals surface area (Å²) in [6, 6.07) is 0.657. The Kier molecular flexibility index (Phi) is 2.13. The van der Waals surface area contributed by atoms with E-state index < -0.39 is 11.8 Å². The lowest BCUT2D eigenvalue weighted by Crippen LogP contribution is -2.39. The van der Waals surface area contributed by atoms with Crippen LogP contribution in [0, 0.1) is 17.8 Å². The Bertz CT molecular complexity index is 382. The SMILES string of the molecule is O=C(CC1CC1(F)F)N1[C@@H]2CC[C@H]1[C@H]1CNC[C@H]12. The second kappa shape index (κ2) is 3.44. The van der Waals surface area contributed by atoms with Gasteiger partial charge in [0.15, 0.2) is 0 Å². The quantitative estimate of drug-likeness (QED) is 0.806. The largest absolute Gasteiger partial charge is 0.336 e. The van der Waals surface area contributed by atoms with Crippen molar-refractivity contribution in [2.24, 2.45) is 17.8 Å². The molecule has 5 atom stereocenters. The van der Waals surface area contributed by atoms with Gasteiger partial charge < -0.3 is 10.2 Å². The molecule has 0 radical (unpaired) electrons. The summed E-state index contributed by atoms with van der Waals surface area (Å²) in [6.45, 7) is 1.99. The Morgan fingerprint density at radius 2 is 1.78 bits per heavy atom. The number of carbonyl (C=O) groups excluding carboxylic acids is 1. The number of rotatable bonds is 2. The number of halogens is 2. The number of amides is 1. The lowest BCUT2D eigenvalue weighted by molar-refractivity contribution is -0.133. The van der Waals surface area contributed by atoms with Gasteiger partial charge in [-0.05, 0) is 24.7 Å². The number of nitrogens with one attached hydrogen (secondary N) is 1. The predicted molar refractivity (Wildman–Crippen MR) is 61.2 cm³/mol. The van der Waals surface area contributed by atoms with E-state index in [-0.39, 0.29) is 18.7 Å². The van der Waals surface area contributed by atoms with Gasteiger partial charge in [-0.2, -0.15) is 0 Å². The van der Waals surface area contributed by atoms with Gasteiger partial charge in [-0.25, -0.2) is 8.78 Å². The highest BCUT2D eigenvalue weighted by Crippen LogP contribution is 2.53. The standard InChI is InChI=1S/C13H18F2N2O/c14-13(15)4-7(13)3-12(18)17-10-1-2-11(17)9-6-16-5-8(9)10/h7-11,16H,1-6H2/t7?,8-,9+,10-,11+. The Morgan fingerprint density at radius 3 is 2.28 bits per heavy atom. The molecule has 1 amide bonds. The summed E-state index contributed by atoms with van der Waals surface area (Å²) < 4.78 is 25.8. The molecule has 3 aliphatic heterocycles. The molecule has 0 aromatic carbocycles. The van der Waals surface area contributed by atoms with Gasteiger partial charge in [0.2, 0.25) is 5.91 Å². The number of hydrogen-bond acceptors (Lipinski definition) is 2. The molecule has 2 bridgehead atoms. The molecule has 0 aromatic rings. The van der Waals surface area contributed by atoms with Crippen molar-refractivity contribution in [2.45, 2.75) is 43.7 Å². The van der Waals surface area contributed by atoms with Crippen molar-refractivity contribution in [3.05, 3.63) is 0 Å². The Hall–Kier alpha value is -0.710. The molecule has 5 heteroatoms. The molecule has 0 spiro atoms. The second-order valence-corrected chi connectivity index (χ2v) is 6.37. The monoisotopic (exact) mass is 256 g/mol. The van der Waals surface area contributed by atoms with E-state index in [1.807, 2.05) is 4.90 Å². The fourth-order valence-corrected chi connectivity index (χ4v) is 4.45. The van der Waals surface area contributed by atoms with Crippen LogP contribution in [0.1, 0.15) is 25.7 Å². The van der Waals surface area contributed by atoms with Crippen LogP contribution < -0.4 is 5.32 Å². The van der Waals surface area contributed by atoms with Crippen molar-refractivity contribution in [1.29, 1.82) is 0 Å². The first kappa shape index (κ1) is 11.1. The third kappa shape index (κ3) is 1.40. The fraction of sp³-hybridized carbons (Fsp3) is 0.923. The third-order valence-electron chi connectivity index (χ3n) is 5.44. The van der Waals surface area contributed by atoms with Crippen LogP contribution in [-0.4, -0.2) is 41.9 Å². The van der Waals surface area contributed by atoms with Gasteiger partial charge >= 0.3 is 0 Å². The fourth-order valence-electron chi connectivity index (χ4n) is 4.45. The molecule has 1 unspecified atom stereocenters. The van der Waals surface area contributed by atoms with E-state index in [1.165, 1.54) is 0 Å². The number of nitrogens with zero attached hydrogens (tertiary/aromatic N) is 1. The van der Waals surface area contributed by atoms with Crippen LogP contribution in [0.3, 0.4) is 0 Å². The predicted octanol–water partition coefficient (Wildman–Crippen LogP) is 1.24. The minimum atomic E-state index is -2.56. The maximum absolute atomic E-state index is 12.9. The highest BCUT2D eigenvalue weighted by molar-refractivity contribution is 5.78. The van der Waals surface area contributed by atoms with Gasteiger partial charge in [0.1, 0.15) is 0 Å². The zero-order valence-electron chi connectivity index (χ0n) is 10.2. The van der Waals surface area contributed by atoms with Crippen LogP contribution in [-0.2, 0) is 4.79 Å². The molecule has 4 fully saturated rings. The van der Waals surface area contributed by atoms with Gasteiger partial charge in [0.25, 0.3) is 5.92 Å². The van der Waals surface area contributed by atoms with E-state index in [4.69, 9.17) is 0 Å². The number of fused-ring (bicyclic) bond motifs is 5. The number of alkyl halides is 2. The molecule has 3 saturated heterocycles. The van der Waals surface area contributed by atoms with Gasteiger partial charge in [-0.1, -0.05) is 0 Å². The minimum Gasteiger partial charge on any atom is -0.336 e. The lowest BCUT2D eigenvalue weighted by atomic mass is 9.82. The van der Waals surface area contributed by atoms with Gasteiger partial charge in [-0.3, -0.25) is 4.79 Å². The molecule has 3 heterocycles. The van der Waals surface area contributed by atoms with Crippen LogP contribution in [0.5, 0.6) is 0 Å². The summed E-state index contributed by atoms with van der Waals surface area (Å²) in [5, 5.41) is 3.39. The average molecular weight is 256 g/mol. The molecular formula is C13H18F2N2O. The van der Waals surface area contributed by atoms with E-state index >= 15 is 0 Å². The van der Waals surface area contributed by atoms with E-state index in [9.17, 15) is 13.6 Å². The summed E-state index contributed by atoms with van der Waals surface area (Å²) in [5.74, 6) is -2.10. The summed E-state index contributed by atoms with van der Waals surface area (Å²) in [6.07, 6.45) is 2.11. The Balaban J connectivity index is 1.48. The Labute approximate surface area is 105 Å². The zero-order chi connectivity index (χ0) is 12.5. The summed E-state index contributed by atoms with van der Waals surface area (Å²) in [4.78, 5) is 14.2. The van der Waals surface area contributed by atoms with Crippen molar-refractivity contribution in [3.63, 3.8) is 0 Å². The third-order valence-corrected chi connectivity index (χ3v) is 5.44. The number of hydrogen-bond donors (Lipinski definition) is 1. The molecule has 0 aromatic heterocycles. The molecule has 1 saturated carbocycles. The highest BCUT2D eigenvalue weighted by Gasteiger charge is 2.60. The van der Waals surface area contributed by atoms with Crippen LogP contribution >= 0.6 is 0 Å². The van der Waals surface area contributed by atoms with E-state index in [0.29, 0.717) is 23.9 Å². The first-order valence-corrected chi connectivity index (χ1v) is 6.97. The molecule has 18 heavy (non-hydrogen) atoms. The summed E-state index contributed by atoms with van der Waals surface area (Å²) in [5.41, 5.74) is 0. The van der Waals surface area contributed by atoms with Crippen LogP contribution in [0.4, 0.5) is 8.78 Å². The average Bonchev–Trinajstić information content (AvgIpc) is 2.83. The van der Waals surface area contributed by atoms with Crippen LogP contribution in [0.25, 0.3) is 0 Å². The molecule has 3 nitrogen and oxygen atoms in total. The lowest BCUT2D eigenvalue weighted by Gasteiger charge is -2.24. The summed E-state index contributed by atoms with van der Waals surface area (Å²) >= 11 is 0. The normalized spacial score (nSPS) is 47.4.